The van der Waals surface area contributed by atoms with E-state index in [1.165, 1.54) is 32.8 Å². The van der Waals surface area contributed by atoms with Gasteiger partial charge in [-0.1, -0.05) is 40.5 Å². The second-order valence-corrected chi connectivity index (χ2v) is 8.42. The molecule has 0 aromatic heterocycles. The molecule has 0 aromatic rings. The highest BCUT2D eigenvalue weighted by molar-refractivity contribution is 5.33. The fourth-order valence-electron chi connectivity index (χ4n) is 3.82. The maximum atomic E-state index is 14.2. The van der Waals surface area contributed by atoms with E-state index in [-0.39, 0.29) is 17.8 Å². The lowest BCUT2D eigenvalue weighted by molar-refractivity contribution is -0.0548. The minimum Gasteiger partial charge on any atom is -0.498 e. The molecule has 0 saturated heterocycles. The molecule has 0 spiro atoms. The van der Waals surface area contributed by atoms with Crippen molar-refractivity contribution in [2.75, 3.05) is 20.3 Å². The Bertz CT molecular complexity index is 522. The zero-order valence-electron chi connectivity index (χ0n) is 19.4. The smallest absolute Gasteiger partial charge is 0.196 e. The molecule has 29 heavy (non-hydrogen) atoms. The Morgan fingerprint density at radius 2 is 1.55 bits per heavy atom. The van der Waals surface area contributed by atoms with Crippen LogP contribution >= 0.6 is 0 Å². The summed E-state index contributed by atoms with van der Waals surface area (Å²) in [6.45, 7) is 11.3. The first-order valence-corrected chi connectivity index (χ1v) is 11.4. The van der Waals surface area contributed by atoms with Gasteiger partial charge in [-0.05, 0) is 50.5 Å². The Morgan fingerprint density at radius 3 is 2.10 bits per heavy atom. The van der Waals surface area contributed by atoms with Gasteiger partial charge in [0.25, 0.3) is 0 Å². The largest absolute Gasteiger partial charge is 0.498 e. The van der Waals surface area contributed by atoms with Crippen molar-refractivity contribution in [3.8, 4) is 0 Å². The molecule has 2 atom stereocenters. The van der Waals surface area contributed by atoms with E-state index in [9.17, 15) is 8.78 Å². The summed E-state index contributed by atoms with van der Waals surface area (Å²) >= 11 is 0. The van der Waals surface area contributed by atoms with E-state index in [4.69, 9.17) is 14.2 Å². The van der Waals surface area contributed by atoms with Crippen LogP contribution in [-0.2, 0) is 14.2 Å². The number of halogens is 2. The molecule has 3 nitrogen and oxygen atoms in total. The summed E-state index contributed by atoms with van der Waals surface area (Å²) in [5, 5.41) is 0. The van der Waals surface area contributed by atoms with E-state index < -0.39 is 11.7 Å². The van der Waals surface area contributed by atoms with Gasteiger partial charge in [0.15, 0.2) is 11.7 Å². The van der Waals surface area contributed by atoms with Gasteiger partial charge in [0.05, 0.1) is 32.5 Å². The van der Waals surface area contributed by atoms with Crippen LogP contribution in [0.15, 0.2) is 23.0 Å². The molecule has 0 radical (unpaired) electrons. The summed E-state index contributed by atoms with van der Waals surface area (Å²) < 4.78 is 44.8. The van der Waals surface area contributed by atoms with Gasteiger partial charge in [-0.3, -0.25) is 0 Å². The molecule has 0 N–H and O–H groups in total. The number of hydrogen-bond acceptors (Lipinski definition) is 3. The summed E-state index contributed by atoms with van der Waals surface area (Å²) in [6.07, 6.45) is 8.44. The quantitative estimate of drug-likeness (QED) is 0.395. The molecule has 1 saturated carbocycles. The normalized spacial score (nSPS) is 24.7. The zero-order valence-corrected chi connectivity index (χ0v) is 19.4. The Hall–Kier alpha value is -0.940. The molecule has 0 amide bonds. The molecule has 2 unspecified atom stereocenters. The van der Waals surface area contributed by atoms with Crippen molar-refractivity contribution in [3.05, 3.63) is 23.0 Å². The average Bonchev–Trinajstić information content (AvgIpc) is 2.73. The van der Waals surface area contributed by atoms with Crippen molar-refractivity contribution in [1.29, 1.82) is 0 Å². The van der Waals surface area contributed by atoms with E-state index in [1.807, 2.05) is 13.8 Å². The zero-order chi connectivity index (χ0) is 21.8. The number of allylic oxidation sites excluding steroid dienone is 3. The second-order valence-electron chi connectivity index (χ2n) is 8.42. The van der Waals surface area contributed by atoms with Gasteiger partial charge in [-0.25, -0.2) is 8.78 Å². The highest BCUT2D eigenvalue weighted by Crippen LogP contribution is 2.36. The van der Waals surface area contributed by atoms with Gasteiger partial charge in [0.2, 0.25) is 0 Å². The summed E-state index contributed by atoms with van der Waals surface area (Å²) in [7, 11) is 1.37. The molecular formula is C24H42F2O3. The van der Waals surface area contributed by atoms with Gasteiger partial charge in [-0.2, -0.15) is 0 Å². The van der Waals surface area contributed by atoms with Gasteiger partial charge in [0, 0.05) is 12.3 Å². The molecule has 0 aliphatic heterocycles. The fourth-order valence-corrected chi connectivity index (χ4v) is 3.82. The molecular weight excluding hydrogens is 374 g/mol. The van der Waals surface area contributed by atoms with Crippen LogP contribution in [0.2, 0.25) is 0 Å². The molecule has 0 heterocycles. The third-order valence-corrected chi connectivity index (χ3v) is 5.75. The van der Waals surface area contributed by atoms with Crippen molar-refractivity contribution in [3.63, 3.8) is 0 Å². The lowest BCUT2D eigenvalue weighted by Crippen LogP contribution is -2.27. The molecule has 170 valence electrons. The van der Waals surface area contributed by atoms with Crippen LogP contribution in [0.5, 0.6) is 0 Å². The van der Waals surface area contributed by atoms with Crippen molar-refractivity contribution in [2.24, 2.45) is 11.8 Å². The maximum absolute atomic E-state index is 14.2. The molecule has 0 bridgehead atoms. The maximum Gasteiger partial charge on any atom is 0.196 e. The lowest BCUT2D eigenvalue weighted by atomic mass is 9.86. The Balaban J connectivity index is 0.00000132. The summed E-state index contributed by atoms with van der Waals surface area (Å²) in [5.41, 5.74) is 0.481. The standard InChI is InChI=1S/C21H34F2O3.C3H8/c1-5-16-6-8-17(9-7-16)26-13-15(3)25-12-14(2)18-10-11-19(24-4)21(23)20(18)22;1-3-2/h14-17H,5-13H2,1-4H3;3H2,1-2H3. The monoisotopic (exact) mass is 416 g/mol. The van der Waals surface area contributed by atoms with Gasteiger partial charge >= 0.3 is 0 Å². The van der Waals surface area contributed by atoms with Crippen molar-refractivity contribution >= 4 is 0 Å². The Morgan fingerprint density at radius 1 is 0.931 bits per heavy atom. The molecule has 1 fully saturated rings. The third kappa shape index (κ3) is 8.75. The predicted molar refractivity (Wildman–Crippen MR) is 115 cm³/mol. The van der Waals surface area contributed by atoms with Crippen LogP contribution in [0.4, 0.5) is 8.78 Å². The third-order valence-electron chi connectivity index (χ3n) is 5.75. The highest BCUT2D eigenvalue weighted by atomic mass is 19.2. The Kier molecular flexibility index (Phi) is 12.7. The average molecular weight is 417 g/mol. The van der Waals surface area contributed by atoms with Crippen LogP contribution in [0, 0.1) is 11.8 Å². The van der Waals surface area contributed by atoms with E-state index in [0.29, 0.717) is 37.7 Å². The lowest BCUT2D eigenvalue weighted by Gasteiger charge is -2.29. The van der Waals surface area contributed by atoms with Crippen LogP contribution < -0.4 is 0 Å². The van der Waals surface area contributed by atoms with Crippen molar-refractivity contribution in [2.45, 2.75) is 98.2 Å². The SMILES string of the molecule is CCC.CCC1CCC(OCC(C)OCC(C)C2=C(F)C(F)=C(OC)CC2)CC1. The van der Waals surface area contributed by atoms with E-state index in [1.54, 1.807) is 0 Å². The first-order chi connectivity index (χ1) is 13.9. The van der Waals surface area contributed by atoms with Gasteiger partial charge < -0.3 is 14.2 Å². The van der Waals surface area contributed by atoms with Gasteiger partial charge in [-0.15, -0.1) is 0 Å². The van der Waals surface area contributed by atoms with Crippen LogP contribution in [0.1, 0.15) is 86.0 Å². The minimum absolute atomic E-state index is 0.0523. The molecule has 2 aliphatic carbocycles. The first-order valence-electron chi connectivity index (χ1n) is 11.4. The molecule has 5 heteroatoms. The number of hydrogen-bond donors (Lipinski definition) is 0. The predicted octanol–water partition coefficient (Wildman–Crippen LogP) is 7.27. The van der Waals surface area contributed by atoms with Crippen molar-refractivity contribution < 1.29 is 23.0 Å². The fraction of sp³-hybridized carbons (Fsp3) is 0.833. The molecule has 0 aromatic carbocycles. The second kappa shape index (κ2) is 14.1. The summed E-state index contributed by atoms with van der Waals surface area (Å²) in [4.78, 5) is 0. The molecule has 2 aliphatic rings. The van der Waals surface area contributed by atoms with Crippen LogP contribution in [0.25, 0.3) is 0 Å². The number of rotatable bonds is 9. The minimum atomic E-state index is -0.861. The number of methoxy groups -OCH3 is 1. The highest BCUT2D eigenvalue weighted by Gasteiger charge is 2.27. The van der Waals surface area contributed by atoms with E-state index in [0.717, 1.165) is 18.8 Å². The Labute approximate surface area is 176 Å². The number of ether oxygens (including phenoxy) is 3. The first kappa shape index (κ1) is 26.1. The van der Waals surface area contributed by atoms with Gasteiger partial charge in [0.1, 0.15) is 5.76 Å². The summed E-state index contributed by atoms with van der Waals surface area (Å²) in [5.74, 6) is -0.850. The van der Waals surface area contributed by atoms with Crippen molar-refractivity contribution in [1.82, 2.24) is 0 Å². The van der Waals surface area contributed by atoms with Crippen LogP contribution in [0.3, 0.4) is 0 Å². The molecule has 2 rings (SSSR count). The topological polar surface area (TPSA) is 27.7 Å². The van der Waals surface area contributed by atoms with Crippen LogP contribution in [-0.4, -0.2) is 32.5 Å². The van der Waals surface area contributed by atoms with E-state index in [2.05, 4.69) is 20.8 Å². The summed E-state index contributed by atoms with van der Waals surface area (Å²) in [6, 6.07) is 0. The van der Waals surface area contributed by atoms with E-state index >= 15 is 0 Å².